The molecule has 0 N–H and O–H groups in total. The van der Waals surface area contributed by atoms with Gasteiger partial charge in [-0.15, -0.1) is 11.3 Å². The van der Waals surface area contributed by atoms with E-state index in [9.17, 15) is 13.2 Å². The Morgan fingerprint density at radius 1 is 1.17 bits per heavy atom. The van der Waals surface area contributed by atoms with Crippen molar-refractivity contribution in [3.63, 3.8) is 0 Å². The molecule has 0 bridgehead atoms. The molecule has 0 saturated carbocycles. The highest BCUT2D eigenvalue weighted by Gasteiger charge is 2.34. The molecule has 1 aromatic rings. The Morgan fingerprint density at radius 2 is 1.79 bits per heavy atom. The van der Waals surface area contributed by atoms with Crippen LogP contribution < -0.4 is 0 Å². The van der Waals surface area contributed by atoms with Gasteiger partial charge < -0.3 is 4.90 Å². The van der Waals surface area contributed by atoms with Crippen LogP contribution in [0, 0.1) is 11.8 Å². The van der Waals surface area contributed by atoms with Gasteiger partial charge in [0, 0.05) is 37.7 Å². The summed E-state index contributed by atoms with van der Waals surface area (Å²) in [5, 5.41) is 1.72. The van der Waals surface area contributed by atoms with E-state index >= 15 is 0 Å². The molecule has 5 nitrogen and oxygen atoms in total. The zero-order valence-corrected chi connectivity index (χ0v) is 16.6. The SMILES string of the molecule is CC1CC(C)CN(C(=O)c2sccc2S(=O)(=O)N2CCSCC2)C1. The number of likely N-dealkylation sites (tertiary alicyclic amines) is 1. The smallest absolute Gasteiger partial charge is 0.265 e. The summed E-state index contributed by atoms with van der Waals surface area (Å²) < 4.78 is 27.4. The third-order valence-electron chi connectivity index (χ3n) is 4.57. The third kappa shape index (κ3) is 3.66. The van der Waals surface area contributed by atoms with Gasteiger partial charge in [0.2, 0.25) is 10.0 Å². The number of hydrogen-bond acceptors (Lipinski definition) is 5. The fourth-order valence-electron chi connectivity index (χ4n) is 3.55. The quantitative estimate of drug-likeness (QED) is 0.799. The molecule has 24 heavy (non-hydrogen) atoms. The topological polar surface area (TPSA) is 57.7 Å². The van der Waals surface area contributed by atoms with E-state index < -0.39 is 10.0 Å². The highest BCUT2D eigenvalue weighted by molar-refractivity contribution is 7.99. The van der Waals surface area contributed by atoms with Gasteiger partial charge >= 0.3 is 0 Å². The van der Waals surface area contributed by atoms with Crippen molar-refractivity contribution in [3.05, 3.63) is 16.3 Å². The van der Waals surface area contributed by atoms with Crippen LogP contribution in [0.25, 0.3) is 0 Å². The van der Waals surface area contributed by atoms with Crippen LogP contribution >= 0.6 is 23.1 Å². The predicted octanol–water partition coefficient (Wildman–Crippen LogP) is 2.60. The highest BCUT2D eigenvalue weighted by Crippen LogP contribution is 2.30. The third-order valence-corrected chi connectivity index (χ3v) is 8.48. The summed E-state index contributed by atoms with van der Waals surface area (Å²) in [7, 11) is -3.58. The average Bonchev–Trinajstić information content (AvgIpc) is 3.04. The number of carbonyl (C=O) groups is 1. The molecule has 0 spiro atoms. The lowest BCUT2D eigenvalue weighted by Crippen LogP contribution is -2.43. The van der Waals surface area contributed by atoms with Gasteiger partial charge in [-0.05, 0) is 29.7 Å². The lowest BCUT2D eigenvalue weighted by Gasteiger charge is -2.35. The van der Waals surface area contributed by atoms with E-state index in [1.807, 2.05) is 4.90 Å². The minimum absolute atomic E-state index is 0.131. The Hall–Kier alpha value is -0.570. The van der Waals surface area contributed by atoms with E-state index in [1.54, 1.807) is 23.2 Å². The van der Waals surface area contributed by atoms with E-state index in [0.29, 0.717) is 42.9 Å². The van der Waals surface area contributed by atoms with Crippen molar-refractivity contribution >= 4 is 39.0 Å². The van der Waals surface area contributed by atoms with Crippen LogP contribution in [0.2, 0.25) is 0 Å². The van der Waals surface area contributed by atoms with Crippen LogP contribution in [0.3, 0.4) is 0 Å². The number of hydrogen-bond donors (Lipinski definition) is 0. The lowest BCUT2D eigenvalue weighted by atomic mass is 9.92. The van der Waals surface area contributed by atoms with Gasteiger partial charge in [-0.1, -0.05) is 13.8 Å². The maximum atomic E-state index is 13.0. The molecular formula is C16H24N2O3S3. The van der Waals surface area contributed by atoms with E-state index in [1.165, 1.54) is 15.6 Å². The molecule has 2 unspecified atom stereocenters. The van der Waals surface area contributed by atoms with Crippen LogP contribution in [-0.2, 0) is 10.0 Å². The molecule has 134 valence electrons. The summed E-state index contributed by atoms with van der Waals surface area (Å²) >= 11 is 3.01. The van der Waals surface area contributed by atoms with Crippen molar-refractivity contribution in [1.29, 1.82) is 0 Å². The van der Waals surface area contributed by atoms with Crippen molar-refractivity contribution < 1.29 is 13.2 Å². The Bertz CT molecular complexity index is 685. The minimum Gasteiger partial charge on any atom is -0.337 e. The highest BCUT2D eigenvalue weighted by atomic mass is 32.2. The first-order valence-corrected chi connectivity index (χ1v) is 11.8. The number of thioether (sulfide) groups is 1. The number of carbonyl (C=O) groups excluding carboxylic acids is 1. The zero-order chi connectivity index (χ0) is 17.3. The number of piperidine rings is 1. The first-order valence-electron chi connectivity index (χ1n) is 8.34. The van der Waals surface area contributed by atoms with Crippen molar-refractivity contribution in [1.82, 2.24) is 9.21 Å². The zero-order valence-electron chi connectivity index (χ0n) is 14.1. The maximum absolute atomic E-state index is 13.0. The molecule has 2 atom stereocenters. The monoisotopic (exact) mass is 388 g/mol. The molecule has 0 radical (unpaired) electrons. The van der Waals surface area contributed by atoms with E-state index in [2.05, 4.69) is 13.8 Å². The van der Waals surface area contributed by atoms with Crippen LogP contribution in [0.5, 0.6) is 0 Å². The van der Waals surface area contributed by atoms with Crippen molar-refractivity contribution in [2.45, 2.75) is 25.2 Å². The maximum Gasteiger partial charge on any atom is 0.265 e. The van der Waals surface area contributed by atoms with E-state index in [4.69, 9.17) is 0 Å². The largest absolute Gasteiger partial charge is 0.337 e. The summed E-state index contributed by atoms with van der Waals surface area (Å²) in [4.78, 5) is 15.3. The van der Waals surface area contributed by atoms with Gasteiger partial charge in [0.15, 0.2) is 0 Å². The molecule has 8 heteroatoms. The van der Waals surface area contributed by atoms with Crippen molar-refractivity contribution in [3.8, 4) is 0 Å². The Kier molecular flexibility index (Phi) is 5.58. The number of thiophene rings is 1. The summed E-state index contributed by atoms with van der Waals surface area (Å²) in [6.45, 7) is 6.76. The van der Waals surface area contributed by atoms with Gasteiger partial charge in [-0.25, -0.2) is 8.42 Å². The molecule has 1 aromatic heterocycles. The number of nitrogens with zero attached hydrogens (tertiary/aromatic N) is 2. The summed E-state index contributed by atoms with van der Waals surface area (Å²) in [5.41, 5.74) is 0. The normalized spacial score (nSPS) is 26.5. The van der Waals surface area contributed by atoms with Crippen LogP contribution in [0.15, 0.2) is 16.3 Å². The van der Waals surface area contributed by atoms with Crippen LogP contribution in [-0.4, -0.2) is 61.2 Å². The Balaban J connectivity index is 1.85. The molecule has 3 rings (SSSR count). The Morgan fingerprint density at radius 3 is 2.42 bits per heavy atom. The molecule has 2 fully saturated rings. The fraction of sp³-hybridized carbons (Fsp3) is 0.688. The summed E-state index contributed by atoms with van der Waals surface area (Å²) in [6, 6.07) is 1.59. The van der Waals surface area contributed by atoms with Gasteiger partial charge in [-0.3, -0.25) is 4.79 Å². The molecule has 3 heterocycles. The number of rotatable bonds is 3. The first kappa shape index (κ1) is 18.2. The molecule has 2 aliphatic rings. The van der Waals surface area contributed by atoms with Gasteiger partial charge in [0.25, 0.3) is 5.91 Å². The fourth-order valence-corrected chi connectivity index (χ4v) is 7.49. The van der Waals surface area contributed by atoms with E-state index in [-0.39, 0.29) is 10.8 Å². The van der Waals surface area contributed by atoms with E-state index in [0.717, 1.165) is 17.9 Å². The molecule has 2 aliphatic heterocycles. The number of amides is 1. The Labute approximate surface area is 152 Å². The molecule has 1 amide bonds. The van der Waals surface area contributed by atoms with Gasteiger partial charge in [-0.2, -0.15) is 16.1 Å². The predicted molar refractivity (Wildman–Crippen MR) is 99.3 cm³/mol. The standard InChI is InChI=1S/C16H24N2O3S3/c1-12-9-13(2)11-17(10-12)16(19)15-14(3-6-23-15)24(20,21)18-4-7-22-8-5-18/h3,6,12-13H,4-5,7-11H2,1-2H3. The lowest BCUT2D eigenvalue weighted by molar-refractivity contribution is 0.0624. The summed E-state index contributed by atoms with van der Waals surface area (Å²) in [5.74, 6) is 2.41. The van der Waals surface area contributed by atoms with Crippen LogP contribution in [0.1, 0.15) is 29.9 Å². The average molecular weight is 389 g/mol. The second-order valence-corrected chi connectivity index (χ2v) is 10.8. The molecular weight excluding hydrogens is 364 g/mol. The molecule has 0 aromatic carbocycles. The van der Waals surface area contributed by atoms with Crippen molar-refractivity contribution in [2.75, 3.05) is 37.7 Å². The minimum atomic E-state index is -3.58. The second kappa shape index (κ2) is 7.35. The van der Waals surface area contributed by atoms with Crippen LogP contribution in [0.4, 0.5) is 0 Å². The number of sulfonamides is 1. The molecule has 2 saturated heterocycles. The van der Waals surface area contributed by atoms with Crippen molar-refractivity contribution in [2.24, 2.45) is 11.8 Å². The second-order valence-electron chi connectivity index (χ2n) is 6.79. The van der Waals surface area contributed by atoms with Gasteiger partial charge in [0.1, 0.15) is 9.77 Å². The summed E-state index contributed by atoms with van der Waals surface area (Å²) in [6.07, 6.45) is 1.12. The van der Waals surface area contributed by atoms with Gasteiger partial charge in [0.05, 0.1) is 0 Å². The molecule has 0 aliphatic carbocycles. The first-order chi connectivity index (χ1) is 11.4.